The van der Waals surface area contributed by atoms with Gasteiger partial charge in [-0.15, -0.1) is 0 Å². The maximum atomic E-state index is 10.5. The summed E-state index contributed by atoms with van der Waals surface area (Å²) in [6, 6.07) is 0. The van der Waals surface area contributed by atoms with Gasteiger partial charge in [-0.2, -0.15) is 4.89 Å². The minimum absolute atomic E-state index is 0.211. The highest BCUT2D eigenvalue weighted by Crippen LogP contribution is 1.91. The molecular formula is C10H18O5. The normalized spacial score (nSPS) is 8.27. The Bertz CT molecular complexity index is 210. The Balaban J connectivity index is 0. The number of carbonyl (C=O) groups excluding carboxylic acids is 2. The number of carbonyl (C=O) groups is 2. The molecule has 0 atom stereocenters. The second-order valence-electron chi connectivity index (χ2n) is 2.48. The monoisotopic (exact) mass is 218 g/mol. The Morgan fingerprint density at radius 2 is 1.67 bits per heavy atom. The molecule has 0 aromatic rings. The van der Waals surface area contributed by atoms with Crippen molar-refractivity contribution in [3.05, 3.63) is 12.2 Å². The third-order valence-electron chi connectivity index (χ3n) is 0.949. The van der Waals surface area contributed by atoms with Gasteiger partial charge in [0, 0.05) is 12.5 Å². The van der Waals surface area contributed by atoms with Crippen molar-refractivity contribution in [3.8, 4) is 0 Å². The lowest BCUT2D eigenvalue weighted by Gasteiger charge is -1.97. The molecule has 0 fully saturated rings. The van der Waals surface area contributed by atoms with E-state index >= 15 is 0 Å². The van der Waals surface area contributed by atoms with E-state index in [1.165, 1.54) is 6.92 Å². The molecule has 5 heteroatoms. The van der Waals surface area contributed by atoms with Crippen LogP contribution in [0.4, 0.5) is 0 Å². The van der Waals surface area contributed by atoms with Crippen LogP contribution in [0.25, 0.3) is 0 Å². The molecular weight excluding hydrogens is 200 g/mol. The van der Waals surface area contributed by atoms with Crippen molar-refractivity contribution in [2.45, 2.75) is 27.7 Å². The van der Waals surface area contributed by atoms with E-state index in [1.54, 1.807) is 20.8 Å². The molecule has 0 aliphatic rings. The van der Waals surface area contributed by atoms with E-state index in [4.69, 9.17) is 0 Å². The fourth-order valence-corrected chi connectivity index (χ4v) is 0.387. The highest BCUT2D eigenvalue weighted by molar-refractivity contribution is 5.86. The van der Waals surface area contributed by atoms with E-state index < -0.39 is 5.97 Å². The van der Waals surface area contributed by atoms with Crippen molar-refractivity contribution in [2.75, 3.05) is 13.2 Å². The summed E-state index contributed by atoms with van der Waals surface area (Å²) < 4.78 is 4.40. The Hall–Kier alpha value is -1.36. The van der Waals surface area contributed by atoms with E-state index in [2.05, 4.69) is 21.1 Å². The van der Waals surface area contributed by atoms with Crippen LogP contribution in [0, 0.1) is 0 Å². The summed E-state index contributed by atoms with van der Waals surface area (Å²) in [5, 5.41) is 0. The first-order valence-electron chi connectivity index (χ1n) is 4.58. The highest BCUT2D eigenvalue weighted by Gasteiger charge is 2.01. The van der Waals surface area contributed by atoms with E-state index in [0.29, 0.717) is 18.8 Å². The van der Waals surface area contributed by atoms with Gasteiger partial charge in [0.15, 0.2) is 0 Å². The Morgan fingerprint density at radius 3 is 1.87 bits per heavy atom. The van der Waals surface area contributed by atoms with Crippen LogP contribution >= 0.6 is 0 Å². The van der Waals surface area contributed by atoms with Crippen molar-refractivity contribution in [2.24, 2.45) is 0 Å². The van der Waals surface area contributed by atoms with Crippen molar-refractivity contribution >= 4 is 11.9 Å². The van der Waals surface area contributed by atoms with Gasteiger partial charge in [-0.05, 0) is 20.8 Å². The van der Waals surface area contributed by atoms with Crippen molar-refractivity contribution < 1.29 is 24.1 Å². The van der Waals surface area contributed by atoms with Gasteiger partial charge in [-0.25, -0.2) is 4.79 Å². The summed E-state index contributed by atoms with van der Waals surface area (Å²) >= 11 is 0. The summed E-state index contributed by atoms with van der Waals surface area (Å²) in [5.74, 6) is -0.727. The maximum absolute atomic E-state index is 10.5. The van der Waals surface area contributed by atoms with Gasteiger partial charge in [-0.3, -0.25) is 9.68 Å². The standard InChI is InChI=1S/C6H10O3.C4H8O2/c1-4-8-9-6(7)5(2)3;1-3-6-4(2)5/h2,4H2,1,3H3;3H2,1-2H3. The smallest absolute Gasteiger partial charge is 0.368 e. The second kappa shape index (κ2) is 10.7. The topological polar surface area (TPSA) is 61.8 Å². The van der Waals surface area contributed by atoms with Gasteiger partial charge in [0.25, 0.3) is 0 Å². The first-order chi connectivity index (χ1) is 6.95. The van der Waals surface area contributed by atoms with Crippen LogP contribution in [0.1, 0.15) is 27.7 Å². The zero-order valence-electron chi connectivity index (χ0n) is 9.66. The maximum Gasteiger partial charge on any atom is 0.368 e. The van der Waals surface area contributed by atoms with Crippen LogP contribution in [-0.4, -0.2) is 25.2 Å². The van der Waals surface area contributed by atoms with Crippen LogP contribution in [0.3, 0.4) is 0 Å². The molecule has 5 nitrogen and oxygen atoms in total. The van der Waals surface area contributed by atoms with Gasteiger partial charge in [-0.1, -0.05) is 6.58 Å². The number of hydrogen-bond acceptors (Lipinski definition) is 5. The zero-order chi connectivity index (χ0) is 12.3. The molecule has 0 unspecified atom stereocenters. The summed E-state index contributed by atoms with van der Waals surface area (Å²) in [6.07, 6.45) is 0. The lowest BCUT2D eigenvalue weighted by Crippen LogP contribution is -2.05. The Kier molecular flexibility index (Phi) is 11.5. The minimum Gasteiger partial charge on any atom is -0.466 e. The molecule has 15 heavy (non-hydrogen) atoms. The SMILES string of the molecule is C=C(C)C(=O)OOCC.CCOC(C)=O. The van der Waals surface area contributed by atoms with Gasteiger partial charge in [0.2, 0.25) is 0 Å². The van der Waals surface area contributed by atoms with Crippen LogP contribution < -0.4 is 0 Å². The Morgan fingerprint density at radius 1 is 1.13 bits per heavy atom. The van der Waals surface area contributed by atoms with Crippen molar-refractivity contribution in [3.63, 3.8) is 0 Å². The van der Waals surface area contributed by atoms with Crippen LogP contribution in [0.15, 0.2) is 12.2 Å². The van der Waals surface area contributed by atoms with Gasteiger partial charge < -0.3 is 4.74 Å². The molecule has 0 radical (unpaired) electrons. The molecule has 0 N–H and O–H groups in total. The molecule has 88 valence electrons. The largest absolute Gasteiger partial charge is 0.466 e. The fourth-order valence-electron chi connectivity index (χ4n) is 0.387. The molecule has 0 amide bonds. The highest BCUT2D eigenvalue weighted by atomic mass is 17.2. The minimum atomic E-state index is -0.517. The van der Waals surface area contributed by atoms with E-state index in [1.807, 2.05) is 0 Å². The summed E-state index contributed by atoms with van der Waals surface area (Å²) in [6.45, 7) is 10.7. The zero-order valence-corrected chi connectivity index (χ0v) is 9.66. The van der Waals surface area contributed by atoms with Crippen molar-refractivity contribution in [1.82, 2.24) is 0 Å². The van der Waals surface area contributed by atoms with Gasteiger partial charge in [0.1, 0.15) is 0 Å². The summed E-state index contributed by atoms with van der Waals surface area (Å²) in [5.41, 5.74) is 0.337. The number of ether oxygens (including phenoxy) is 1. The molecule has 0 rings (SSSR count). The molecule has 0 bridgehead atoms. The van der Waals surface area contributed by atoms with E-state index in [0.717, 1.165) is 0 Å². The number of hydrogen-bond donors (Lipinski definition) is 0. The second-order valence-corrected chi connectivity index (χ2v) is 2.48. The van der Waals surface area contributed by atoms with Crippen LogP contribution in [0.2, 0.25) is 0 Å². The molecule has 0 spiro atoms. The Labute approximate surface area is 89.9 Å². The molecule has 0 aliphatic carbocycles. The molecule has 0 aromatic carbocycles. The quantitative estimate of drug-likeness (QED) is 0.310. The lowest BCUT2D eigenvalue weighted by molar-refractivity contribution is -0.265. The average Bonchev–Trinajstić information content (AvgIpc) is 2.14. The van der Waals surface area contributed by atoms with Gasteiger partial charge in [0.05, 0.1) is 13.2 Å². The summed E-state index contributed by atoms with van der Waals surface area (Å²) in [7, 11) is 0. The first-order valence-corrected chi connectivity index (χ1v) is 4.58. The summed E-state index contributed by atoms with van der Waals surface area (Å²) in [4.78, 5) is 28.8. The predicted molar refractivity (Wildman–Crippen MR) is 54.8 cm³/mol. The van der Waals surface area contributed by atoms with E-state index in [9.17, 15) is 9.59 Å². The van der Waals surface area contributed by atoms with Gasteiger partial charge >= 0.3 is 11.9 Å². The molecule has 0 aliphatic heterocycles. The molecule has 0 aromatic heterocycles. The fraction of sp³-hybridized carbons (Fsp3) is 0.600. The molecule has 0 saturated heterocycles. The predicted octanol–water partition coefficient (Wildman–Crippen LogP) is 1.63. The van der Waals surface area contributed by atoms with Crippen molar-refractivity contribution in [1.29, 1.82) is 0 Å². The molecule has 0 saturated carbocycles. The molecule has 0 heterocycles. The average molecular weight is 218 g/mol. The lowest BCUT2D eigenvalue weighted by atomic mass is 10.4. The number of esters is 1. The first kappa shape index (κ1) is 16.1. The van der Waals surface area contributed by atoms with Crippen LogP contribution in [0.5, 0.6) is 0 Å². The number of rotatable bonds is 4. The van der Waals surface area contributed by atoms with E-state index in [-0.39, 0.29) is 5.97 Å². The van der Waals surface area contributed by atoms with Crippen LogP contribution in [-0.2, 0) is 24.1 Å². The third-order valence-corrected chi connectivity index (χ3v) is 0.949. The third kappa shape index (κ3) is 15.4.